The Hall–Kier alpha value is -1.94. The molecule has 0 bridgehead atoms. The Kier molecular flexibility index (Phi) is 2.52. The van der Waals surface area contributed by atoms with Crippen molar-refractivity contribution < 1.29 is 0 Å². The van der Waals surface area contributed by atoms with E-state index in [-0.39, 0.29) is 0 Å². The fourth-order valence-corrected chi connectivity index (χ4v) is 2.20. The van der Waals surface area contributed by atoms with Crippen LogP contribution in [0.25, 0.3) is 16.8 Å². The van der Waals surface area contributed by atoms with Gasteiger partial charge in [-0.15, -0.1) is 0 Å². The minimum atomic E-state index is 0.708. The van der Waals surface area contributed by atoms with Crippen LogP contribution in [0.5, 0.6) is 0 Å². The number of fused-ring (bicyclic) bond motifs is 1. The first-order valence-corrected chi connectivity index (χ1v) is 6.21. The molecule has 0 saturated carbocycles. The number of nitrogens with zero attached hydrogens (tertiary/aromatic N) is 2. The van der Waals surface area contributed by atoms with Gasteiger partial charge in [-0.05, 0) is 37.1 Å². The van der Waals surface area contributed by atoms with E-state index in [1.165, 1.54) is 11.1 Å². The minimum Gasteiger partial charge on any atom is -0.350 e. The third kappa shape index (κ3) is 1.75. The molecule has 3 aromatic rings. The molecule has 3 rings (SSSR count). The van der Waals surface area contributed by atoms with Crippen LogP contribution in [0.15, 0.2) is 36.7 Å². The lowest BCUT2D eigenvalue weighted by Gasteiger charge is -2.01. The van der Waals surface area contributed by atoms with Crippen molar-refractivity contribution in [3.05, 3.63) is 52.4 Å². The van der Waals surface area contributed by atoms with Crippen molar-refractivity contribution >= 4 is 17.7 Å². The number of hydrogen-bond acceptors (Lipinski definition) is 2. The molecule has 0 aliphatic carbocycles. The molecule has 3 nitrogen and oxygen atoms in total. The van der Waals surface area contributed by atoms with E-state index in [2.05, 4.69) is 42.1 Å². The predicted molar refractivity (Wildman–Crippen MR) is 75.3 cm³/mol. The molecule has 0 amide bonds. The lowest BCUT2D eigenvalue weighted by atomic mass is 10.0. The summed E-state index contributed by atoms with van der Waals surface area (Å²) in [7, 11) is 0. The van der Waals surface area contributed by atoms with E-state index in [1.54, 1.807) is 6.20 Å². The standard InChI is InChI=1S/C14H13N3S/c1-9-3-4-11(7-10(9)2)12-8-13-14(18)15-5-6-17(13)16-12/h3-8H,1-2H3,(H,15,18). The monoisotopic (exact) mass is 255 g/mol. The van der Waals surface area contributed by atoms with Gasteiger partial charge in [0.2, 0.25) is 0 Å². The number of nitrogens with one attached hydrogen (secondary N) is 1. The van der Waals surface area contributed by atoms with Gasteiger partial charge in [0.25, 0.3) is 0 Å². The van der Waals surface area contributed by atoms with Crippen LogP contribution >= 0.6 is 12.2 Å². The summed E-state index contributed by atoms with van der Waals surface area (Å²) in [5, 5.41) is 4.54. The first-order chi connectivity index (χ1) is 8.65. The quantitative estimate of drug-likeness (QED) is 0.673. The Balaban J connectivity index is 2.22. The van der Waals surface area contributed by atoms with Gasteiger partial charge < -0.3 is 4.98 Å². The van der Waals surface area contributed by atoms with Gasteiger partial charge in [0.15, 0.2) is 0 Å². The summed E-state index contributed by atoms with van der Waals surface area (Å²) in [5.74, 6) is 0. The molecule has 0 atom stereocenters. The molecule has 0 saturated heterocycles. The minimum absolute atomic E-state index is 0.708. The molecular weight excluding hydrogens is 242 g/mol. The second-order valence-electron chi connectivity index (χ2n) is 4.45. The zero-order valence-electron chi connectivity index (χ0n) is 10.3. The van der Waals surface area contributed by atoms with Crippen LogP contribution in [0.3, 0.4) is 0 Å². The normalized spacial score (nSPS) is 11.0. The Morgan fingerprint density at radius 1 is 1.17 bits per heavy atom. The lowest BCUT2D eigenvalue weighted by Crippen LogP contribution is -1.88. The van der Waals surface area contributed by atoms with E-state index in [4.69, 9.17) is 12.2 Å². The topological polar surface area (TPSA) is 33.1 Å². The molecule has 0 spiro atoms. The third-order valence-electron chi connectivity index (χ3n) is 3.20. The zero-order chi connectivity index (χ0) is 12.7. The summed E-state index contributed by atoms with van der Waals surface area (Å²) in [6.45, 7) is 4.22. The molecule has 18 heavy (non-hydrogen) atoms. The fourth-order valence-electron chi connectivity index (χ4n) is 1.98. The molecule has 1 aromatic carbocycles. The van der Waals surface area contributed by atoms with E-state index >= 15 is 0 Å². The van der Waals surface area contributed by atoms with Gasteiger partial charge in [0, 0.05) is 18.0 Å². The van der Waals surface area contributed by atoms with Crippen molar-refractivity contribution in [1.29, 1.82) is 0 Å². The van der Waals surface area contributed by atoms with Gasteiger partial charge in [-0.25, -0.2) is 4.52 Å². The van der Waals surface area contributed by atoms with Gasteiger partial charge >= 0.3 is 0 Å². The predicted octanol–water partition coefficient (Wildman–Crippen LogP) is 3.68. The van der Waals surface area contributed by atoms with Crippen LogP contribution < -0.4 is 0 Å². The van der Waals surface area contributed by atoms with Crippen molar-refractivity contribution in [3.63, 3.8) is 0 Å². The van der Waals surface area contributed by atoms with Gasteiger partial charge in [-0.2, -0.15) is 5.10 Å². The largest absolute Gasteiger partial charge is 0.350 e. The summed E-state index contributed by atoms with van der Waals surface area (Å²) < 4.78 is 2.52. The second kappa shape index (κ2) is 4.07. The molecule has 1 N–H and O–H groups in total. The Bertz CT molecular complexity index is 783. The highest BCUT2D eigenvalue weighted by atomic mass is 32.1. The molecule has 0 radical (unpaired) electrons. The maximum absolute atomic E-state index is 5.25. The highest BCUT2D eigenvalue weighted by Gasteiger charge is 2.06. The number of aromatic amines is 1. The summed E-state index contributed by atoms with van der Waals surface area (Å²) in [5.41, 5.74) is 5.57. The molecule has 0 fully saturated rings. The van der Waals surface area contributed by atoms with E-state index in [0.29, 0.717) is 4.64 Å². The van der Waals surface area contributed by atoms with Crippen LogP contribution in [0.2, 0.25) is 0 Å². The first-order valence-electron chi connectivity index (χ1n) is 5.80. The van der Waals surface area contributed by atoms with E-state index < -0.39 is 0 Å². The van der Waals surface area contributed by atoms with Crippen molar-refractivity contribution in [2.45, 2.75) is 13.8 Å². The number of H-pyrrole nitrogens is 1. The van der Waals surface area contributed by atoms with Crippen molar-refractivity contribution in [1.82, 2.24) is 14.6 Å². The zero-order valence-corrected chi connectivity index (χ0v) is 11.1. The summed E-state index contributed by atoms with van der Waals surface area (Å²) in [6, 6.07) is 8.39. The summed E-state index contributed by atoms with van der Waals surface area (Å²) >= 11 is 5.25. The molecule has 2 heterocycles. The highest BCUT2D eigenvalue weighted by molar-refractivity contribution is 7.71. The molecule has 2 aromatic heterocycles. The average molecular weight is 255 g/mol. The second-order valence-corrected chi connectivity index (χ2v) is 4.86. The van der Waals surface area contributed by atoms with Crippen molar-refractivity contribution in [2.24, 2.45) is 0 Å². The van der Waals surface area contributed by atoms with Gasteiger partial charge in [0.1, 0.15) is 10.2 Å². The Labute approximate surface area is 110 Å². The summed E-state index contributed by atoms with van der Waals surface area (Å²) in [6.07, 6.45) is 3.67. The SMILES string of the molecule is Cc1ccc(-c2cc3c(=S)[nH]ccn3n2)cc1C. The van der Waals surface area contributed by atoms with E-state index in [9.17, 15) is 0 Å². The van der Waals surface area contributed by atoms with Crippen LogP contribution in [0.1, 0.15) is 11.1 Å². The Morgan fingerprint density at radius 2 is 2.00 bits per heavy atom. The van der Waals surface area contributed by atoms with E-state index in [0.717, 1.165) is 16.8 Å². The van der Waals surface area contributed by atoms with Gasteiger partial charge in [-0.1, -0.05) is 24.4 Å². The number of rotatable bonds is 1. The molecular formula is C14H13N3S. The first kappa shape index (κ1) is 11.2. The maximum Gasteiger partial charge on any atom is 0.129 e. The van der Waals surface area contributed by atoms with E-state index in [1.807, 2.05) is 16.8 Å². The average Bonchev–Trinajstić information content (AvgIpc) is 2.78. The van der Waals surface area contributed by atoms with Crippen LogP contribution in [-0.4, -0.2) is 14.6 Å². The van der Waals surface area contributed by atoms with Crippen LogP contribution in [0, 0.1) is 18.5 Å². The number of hydrogen-bond donors (Lipinski definition) is 1. The number of aryl methyl sites for hydroxylation is 2. The van der Waals surface area contributed by atoms with Crippen molar-refractivity contribution in [2.75, 3.05) is 0 Å². The van der Waals surface area contributed by atoms with Gasteiger partial charge in [-0.3, -0.25) is 0 Å². The summed E-state index contributed by atoms with van der Waals surface area (Å²) in [4.78, 5) is 3.01. The number of benzene rings is 1. The fraction of sp³-hybridized carbons (Fsp3) is 0.143. The highest BCUT2D eigenvalue weighted by Crippen LogP contribution is 2.22. The molecule has 0 aliphatic rings. The number of aromatic nitrogens is 3. The molecule has 0 unspecified atom stereocenters. The molecule has 90 valence electrons. The van der Waals surface area contributed by atoms with Crippen LogP contribution in [0.4, 0.5) is 0 Å². The Morgan fingerprint density at radius 3 is 2.72 bits per heavy atom. The van der Waals surface area contributed by atoms with Crippen LogP contribution in [-0.2, 0) is 0 Å². The lowest BCUT2D eigenvalue weighted by molar-refractivity contribution is 0.946. The van der Waals surface area contributed by atoms with Gasteiger partial charge in [0.05, 0.1) is 5.69 Å². The molecule has 0 aliphatic heterocycles. The third-order valence-corrected chi connectivity index (χ3v) is 3.53. The maximum atomic E-state index is 5.25. The van der Waals surface area contributed by atoms with Crippen molar-refractivity contribution in [3.8, 4) is 11.3 Å². The smallest absolute Gasteiger partial charge is 0.129 e. The molecule has 4 heteroatoms.